The first kappa shape index (κ1) is 15.7. The van der Waals surface area contributed by atoms with E-state index in [0.29, 0.717) is 0 Å². The molecule has 3 nitrogen and oxygen atoms in total. The lowest BCUT2D eigenvalue weighted by Gasteiger charge is -2.19. The fourth-order valence-electron chi connectivity index (χ4n) is 1.74. The van der Waals surface area contributed by atoms with Crippen molar-refractivity contribution < 1.29 is 14.3 Å². The summed E-state index contributed by atoms with van der Waals surface area (Å²) in [5.41, 5.74) is 2.20. The fraction of sp³-hybridized carbons (Fsp3) is 0.400. The van der Waals surface area contributed by atoms with Crippen LogP contribution in [0.1, 0.15) is 6.92 Å². The summed E-state index contributed by atoms with van der Waals surface area (Å²) in [6.45, 7) is 6.39. The number of ether oxygens (including phenoxy) is 2. The molecule has 0 spiro atoms. The summed E-state index contributed by atoms with van der Waals surface area (Å²) in [5, 5.41) is 1.36. The molecule has 0 saturated carbocycles. The van der Waals surface area contributed by atoms with E-state index in [1.165, 1.54) is 12.3 Å². The second kappa shape index (κ2) is 7.26. The number of hydrogen-bond acceptors (Lipinski definition) is 3. The van der Waals surface area contributed by atoms with Crippen LogP contribution in [0.15, 0.2) is 42.1 Å². The minimum atomic E-state index is -1.61. The van der Waals surface area contributed by atoms with Gasteiger partial charge in [-0.15, -0.1) is 0 Å². The molecule has 1 atom stereocenters. The van der Waals surface area contributed by atoms with Gasteiger partial charge in [-0.2, -0.15) is 0 Å². The highest BCUT2D eigenvalue weighted by atomic mass is 28.3. The first-order chi connectivity index (χ1) is 8.95. The minimum absolute atomic E-state index is 0.00229. The van der Waals surface area contributed by atoms with Crippen LogP contribution >= 0.6 is 0 Å². The molecule has 0 unspecified atom stereocenters. The molecule has 0 saturated heterocycles. The Morgan fingerprint density at radius 1 is 1.32 bits per heavy atom. The van der Waals surface area contributed by atoms with Gasteiger partial charge >= 0.3 is 5.97 Å². The number of rotatable bonds is 6. The Bertz CT molecular complexity index is 426. The Hall–Kier alpha value is -1.39. The van der Waals surface area contributed by atoms with Gasteiger partial charge in [0, 0.05) is 7.11 Å². The molecule has 0 radical (unpaired) electrons. The van der Waals surface area contributed by atoms with E-state index in [9.17, 15) is 4.79 Å². The van der Waals surface area contributed by atoms with Crippen LogP contribution in [0.3, 0.4) is 0 Å². The predicted octanol–water partition coefficient (Wildman–Crippen LogP) is 2.28. The topological polar surface area (TPSA) is 35.5 Å². The third kappa shape index (κ3) is 5.40. The van der Waals surface area contributed by atoms with Crippen LogP contribution in [-0.4, -0.2) is 33.9 Å². The number of hydrogen-bond donors (Lipinski definition) is 0. The molecule has 0 aliphatic carbocycles. The summed E-state index contributed by atoms with van der Waals surface area (Å²) in [7, 11) is -0.135. The van der Waals surface area contributed by atoms with Gasteiger partial charge in [0.25, 0.3) is 0 Å². The van der Waals surface area contributed by atoms with Gasteiger partial charge in [0.1, 0.15) is 20.8 Å². The molecule has 0 N–H and O–H groups in total. The lowest BCUT2D eigenvalue weighted by Crippen LogP contribution is -2.39. The van der Waals surface area contributed by atoms with Crippen molar-refractivity contribution in [1.29, 1.82) is 0 Å². The lowest BCUT2D eigenvalue weighted by molar-refractivity contribution is -0.150. The average molecular weight is 278 g/mol. The van der Waals surface area contributed by atoms with Crippen LogP contribution in [0, 0.1) is 0 Å². The molecule has 0 heterocycles. The summed E-state index contributed by atoms with van der Waals surface area (Å²) in [4.78, 5) is 11.3. The summed E-state index contributed by atoms with van der Waals surface area (Å²) in [6, 6.07) is 10.4. The first-order valence-corrected chi connectivity index (χ1v) is 9.47. The summed E-state index contributed by atoms with van der Waals surface area (Å²) in [5.74, 6) is -0.334. The number of benzene rings is 1. The van der Waals surface area contributed by atoms with Crippen molar-refractivity contribution in [3.05, 3.63) is 42.1 Å². The first-order valence-electron chi connectivity index (χ1n) is 6.39. The van der Waals surface area contributed by atoms with Crippen LogP contribution in [0.5, 0.6) is 0 Å². The van der Waals surface area contributed by atoms with Crippen LogP contribution in [0.2, 0.25) is 13.1 Å². The molecule has 0 bridgehead atoms. The predicted molar refractivity (Wildman–Crippen MR) is 80.1 cm³/mol. The molecule has 0 aromatic heterocycles. The van der Waals surface area contributed by atoms with Crippen LogP contribution in [0.25, 0.3) is 0 Å². The van der Waals surface area contributed by atoms with Crippen molar-refractivity contribution in [2.24, 2.45) is 0 Å². The SMILES string of the molecule is COCC(=O)O[C@@H](C)/C=C\[Si](C)(C)c1ccccc1. The Morgan fingerprint density at radius 3 is 2.53 bits per heavy atom. The third-order valence-corrected chi connectivity index (χ3v) is 5.73. The van der Waals surface area contributed by atoms with Crippen molar-refractivity contribution in [3.63, 3.8) is 0 Å². The molecule has 104 valence electrons. The summed E-state index contributed by atoms with van der Waals surface area (Å²) < 4.78 is 9.92. The van der Waals surface area contributed by atoms with Crippen molar-refractivity contribution in [2.75, 3.05) is 13.7 Å². The van der Waals surface area contributed by atoms with E-state index >= 15 is 0 Å². The molecule has 1 aromatic carbocycles. The highest BCUT2D eigenvalue weighted by molar-refractivity contribution is 6.93. The maximum absolute atomic E-state index is 11.3. The van der Waals surface area contributed by atoms with Gasteiger partial charge < -0.3 is 9.47 Å². The summed E-state index contributed by atoms with van der Waals surface area (Å²) >= 11 is 0. The van der Waals surface area contributed by atoms with E-state index in [-0.39, 0.29) is 18.7 Å². The monoisotopic (exact) mass is 278 g/mol. The average Bonchev–Trinajstić information content (AvgIpc) is 2.38. The molecule has 0 amide bonds. The van der Waals surface area contributed by atoms with Gasteiger partial charge in [0.05, 0.1) is 0 Å². The van der Waals surface area contributed by atoms with Crippen LogP contribution < -0.4 is 5.19 Å². The molecule has 19 heavy (non-hydrogen) atoms. The maximum Gasteiger partial charge on any atom is 0.332 e. The van der Waals surface area contributed by atoms with E-state index in [0.717, 1.165) is 0 Å². The standard InChI is InChI=1S/C15H22O3Si/c1-13(18-15(16)12-17-2)10-11-19(3,4)14-8-6-5-7-9-14/h5-11,13H,12H2,1-4H3/b11-10-/t13-/m0/s1. The van der Waals surface area contributed by atoms with Crippen molar-refractivity contribution >= 4 is 19.2 Å². The minimum Gasteiger partial charge on any atom is -0.457 e. The van der Waals surface area contributed by atoms with E-state index < -0.39 is 8.07 Å². The van der Waals surface area contributed by atoms with Gasteiger partial charge in [0.15, 0.2) is 0 Å². The van der Waals surface area contributed by atoms with E-state index in [4.69, 9.17) is 9.47 Å². The van der Waals surface area contributed by atoms with E-state index in [1.54, 1.807) is 0 Å². The molecule has 0 fully saturated rings. The Kier molecular flexibility index (Phi) is 5.98. The van der Waals surface area contributed by atoms with Crippen molar-refractivity contribution in [2.45, 2.75) is 26.1 Å². The maximum atomic E-state index is 11.3. The highest BCUT2D eigenvalue weighted by Crippen LogP contribution is 2.07. The third-order valence-electron chi connectivity index (χ3n) is 2.88. The zero-order valence-electron chi connectivity index (χ0n) is 12.1. The molecule has 0 aliphatic heterocycles. The highest BCUT2D eigenvalue weighted by Gasteiger charge is 2.19. The lowest BCUT2D eigenvalue weighted by atomic mass is 10.4. The molecule has 1 aromatic rings. The van der Waals surface area contributed by atoms with Gasteiger partial charge in [-0.1, -0.05) is 60.4 Å². The van der Waals surface area contributed by atoms with Gasteiger partial charge in [-0.3, -0.25) is 0 Å². The Morgan fingerprint density at radius 2 is 1.95 bits per heavy atom. The van der Waals surface area contributed by atoms with Crippen molar-refractivity contribution in [3.8, 4) is 0 Å². The molecule has 0 aliphatic rings. The second-order valence-electron chi connectivity index (χ2n) is 5.07. The zero-order valence-corrected chi connectivity index (χ0v) is 13.1. The molecular weight excluding hydrogens is 256 g/mol. The Balaban J connectivity index is 2.62. The number of carbonyl (C=O) groups excluding carboxylic acids is 1. The summed E-state index contributed by atoms with van der Waals surface area (Å²) in [6.07, 6.45) is 1.74. The fourth-order valence-corrected chi connectivity index (χ4v) is 3.73. The Labute approximate surface area is 116 Å². The van der Waals surface area contributed by atoms with Crippen LogP contribution in [-0.2, 0) is 14.3 Å². The van der Waals surface area contributed by atoms with Crippen LogP contribution in [0.4, 0.5) is 0 Å². The van der Waals surface area contributed by atoms with E-state index in [2.05, 4.69) is 43.1 Å². The zero-order chi connectivity index (χ0) is 14.3. The smallest absolute Gasteiger partial charge is 0.332 e. The molecular formula is C15H22O3Si. The van der Waals surface area contributed by atoms with Gasteiger partial charge in [-0.05, 0) is 6.92 Å². The normalized spacial score (nSPS) is 13.5. The largest absolute Gasteiger partial charge is 0.457 e. The number of methoxy groups -OCH3 is 1. The quantitative estimate of drug-likeness (QED) is 0.591. The molecule has 4 heteroatoms. The second-order valence-corrected chi connectivity index (χ2v) is 9.43. The number of carbonyl (C=O) groups is 1. The number of esters is 1. The van der Waals surface area contributed by atoms with Crippen molar-refractivity contribution in [1.82, 2.24) is 0 Å². The molecule has 1 rings (SSSR count). The van der Waals surface area contributed by atoms with E-state index in [1.807, 2.05) is 19.1 Å². The van der Waals surface area contributed by atoms with Gasteiger partial charge in [-0.25, -0.2) is 4.79 Å². The van der Waals surface area contributed by atoms with Gasteiger partial charge in [0.2, 0.25) is 0 Å².